The van der Waals surface area contributed by atoms with Gasteiger partial charge in [0.15, 0.2) is 16.1 Å². The summed E-state index contributed by atoms with van der Waals surface area (Å²) in [6.07, 6.45) is 0. The van der Waals surface area contributed by atoms with Crippen molar-refractivity contribution in [1.29, 1.82) is 0 Å². The molecule has 0 fully saturated rings. The molecule has 6 aromatic heterocycles. The summed E-state index contributed by atoms with van der Waals surface area (Å²) in [5.41, 5.74) is 13.2. The first-order valence-electron chi connectivity index (χ1n) is 39.9. The highest BCUT2D eigenvalue weighted by Gasteiger charge is 2.45. The van der Waals surface area contributed by atoms with Gasteiger partial charge in [0.05, 0.1) is 33.1 Å². The summed E-state index contributed by atoms with van der Waals surface area (Å²) in [7, 11) is -5.49. The van der Waals surface area contributed by atoms with Crippen molar-refractivity contribution in [3.05, 3.63) is 441 Å². The van der Waals surface area contributed by atoms with E-state index in [0.29, 0.717) is 0 Å². The van der Waals surface area contributed by atoms with Crippen LogP contribution in [0.1, 0.15) is 0 Å². The third kappa shape index (κ3) is 11.5. The average Bonchev–Trinajstić information content (AvgIpc) is 1.66. The van der Waals surface area contributed by atoms with Crippen LogP contribution in [0.15, 0.2) is 441 Å². The van der Waals surface area contributed by atoms with E-state index in [1.165, 1.54) is 180 Å². The number of fused-ring (bicyclic) bond motifs is 18. The SMILES string of the molecule is Brc1cccc([Si](c2ccccc2)(c2ccccc2)c2cccc3c2sc2ccccc23)c1.c1ccc([Si](c2ccccc2)(c2cccc(-n3c4ccccc4c4cc(-n5c6ccccc6c6ccccc65)ccc43)c2)c2cccc3c2sc2ccccc23)cc1.c1ccc2c(c1)[nH]c1ccc(-n3c4ccccc4c4ccccc43)cc12. The number of aromatic nitrogens is 4. The Morgan fingerprint density at radius 1 is 0.205 bits per heavy atom. The van der Waals surface area contributed by atoms with Gasteiger partial charge in [-0.15, -0.1) is 22.7 Å². The fraction of sp³-hybridized carbons (Fsp3) is 0. The van der Waals surface area contributed by atoms with E-state index in [9.17, 15) is 0 Å². The summed E-state index contributed by atoms with van der Waals surface area (Å²) >= 11 is 7.64. The Morgan fingerprint density at radius 3 is 0.957 bits per heavy atom. The standard InChI is InChI=1S/C54H36N2SSi.C30H21BrSSi.C24H16N2/c1-3-18-39(19-4-1)58(40-20-5-2-6-21-40,53-32-16-27-46-45-26-10-14-31-52(45)57-54(46)53)41-22-15-17-37(35-41)55-50-30-13-9-25-44(50)47-36-38(33-34-51(47)55)56-48-28-11-7-23-42(48)43-24-8-12-29-49(43)56;31-22-11-9-16-25(21-22)33(23-12-3-1-4-13-23,24-14-5-2-6-15-24)29-20-10-18-27-26-17-7-8-19-28(26)32-30(27)29;1-4-10-21-17(7-1)20-15-16(13-14-22(20)25-21)26-23-11-5-2-8-18(23)19-9-3-6-12-24(19)26/h1-36H;1-21H;1-15,25H. The predicted molar refractivity (Wildman–Crippen MR) is 512 cm³/mol. The molecule has 1 N–H and O–H groups in total. The molecule has 0 radical (unpaired) electrons. The van der Waals surface area contributed by atoms with Crippen LogP contribution in [0.2, 0.25) is 0 Å². The Kier molecular flexibility index (Phi) is 17.5. The van der Waals surface area contributed by atoms with Gasteiger partial charge in [-0.05, 0) is 151 Å². The fourth-order valence-corrected chi connectivity index (χ4v) is 32.9. The van der Waals surface area contributed by atoms with Crippen LogP contribution in [0.3, 0.4) is 0 Å². The van der Waals surface area contributed by atoms with Gasteiger partial charge in [0.25, 0.3) is 0 Å². The summed E-state index contributed by atoms with van der Waals surface area (Å²) in [5.74, 6) is 0. The number of hydrogen-bond donors (Lipinski definition) is 1. The topological polar surface area (TPSA) is 30.6 Å². The zero-order valence-electron chi connectivity index (χ0n) is 63.6. The lowest BCUT2D eigenvalue weighted by atomic mass is 10.1. The summed E-state index contributed by atoms with van der Waals surface area (Å²) in [6.45, 7) is 0. The number of halogens is 1. The molecule has 6 heterocycles. The molecule has 0 aliphatic carbocycles. The van der Waals surface area contributed by atoms with E-state index in [1.807, 2.05) is 22.7 Å². The number of nitrogens with one attached hydrogen (secondary N) is 1. The number of thiophene rings is 2. The van der Waals surface area contributed by atoms with E-state index in [2.05, 4.69) is 471 Å². The summed E-state index contributed by atoms with van der Waals surface area (Å²) in [6, 6.07) is 161. The van der Waals surface area contributed by atoms with Crippen molar-refractivity contribution < 1.29 is 0 Å². The highest BCUT2D eigenvalue weighted by molar-refractivity contribution is 9.10. The van der Waals surface area contributed by atoms with E-state index >= 15 is 0 Å². The Bertz CT molecular complexity index is 7750. The lowest BCUT2D eigenvalue weighted by Gasteiger charge is -2.35. The molecule has 0 atom stereocenters. The normalized spacial score (nSPS) is 12.0. The fourth-order valence-electron chi connectivity index (χ4n) is 19.1. The maximum absolute atomic E-state index is 3.77. The van der Waals surface area contributed by atoms with Crippen LogP contribution in [0.5, 0.6) is 0 Å². The second-order valence-electron chi connectivity index (χ2n) is 30.3. The number of hydrogen-bond acceptors (Lipinski definition) is 2. The molecular weight excluding hydrogens is 1550 g/mol. The summed E-state index contributed by atoms with van der Waals surface area (Å²) in [5, 5.41) is 26.7. The van der Waals surface area contributed by atoms with Crippen LogP contribution in [-0.4, -0.2) is 34.8 Å². The molecule has 0 saturated carbocycles. The second kappa shape index (κ2) is 29.1. The smallest absolute Gasteiger partial charge is 0.181 e. The molecule has 24 aromatic rings. The van der Waals surface area contributed by atoms with Crippen molar-refractivity contribution in [2.24, 2.45) is 0 Å². The van der Waals surface area contributed by atoms with Crippen molar-refractivity contribution in [3.63, 3.8) is 0 Å². The van der Waals surface area contributed by atoms with Crippen LogP contribution in [0.4, 0.5) is 0 Å². The molecule has 18 aromatic carbocycles. The highest BCUT2D eigenvalue weighted by Crippen LogP contribution is 2.41. The van der Waals surface area contributed by atoms with Crippen molar-refractivity contribution >= 4 is 224 Å². The van der Waals surface area contributed by atoms with Gasteiger partial charge in [-0.2, -0.15) is 0 Å². The number of rotatable bonds is 11. The molecule has 0 aliphatic rings. The molecule has 0 unspecified atom stereocenters. The maximum atomic E-state index is 3.77. The van der Waals surface area contributed by atoms with Gasteiger partial charge in [-0.1, -0.05) is 344 Å². The molecule has 0 amide bonds. The third-order valence-corrected chi connectivity index (χ3v) is 37.0. The van der Waals surface area contributed by atoms with Crippen LogP contribution < -0.4 is 41.5 Å². The van der Waals surface area contributed by atoms with E-state index in [1.54, 1.807) is 0 Å². The number of nitrogens with zero attached hydrogens (tertiary/aromatic N) is 3. The van der Waals surface area contributed by atoms with E-state index in [-0.39, 0.29) is 0 Å². The van der Waals surface area contributed by atoms with Crippen LogP contribution in [-0.2, 0) is 0 Å². The minimum Gasteiger partial charge on any atom is -0.355 e. The van der Waals surface area contributed by atoms with Crippen molar-refractivity contribution in [2.45, 2.75) is 0 Å². The average molecular weight is 1630 g/mol. The molecule has 0 bridgehead atoms. The van der Waals surface area contributed by atoms with Crippen LogP contribution in [0.25, 0.3) is 145 Å². The van der Waals surface area contributed by atoms with E-state index in [0.717, 1.165) is 10.2 Å². The van der Waals surface area contributed by atoms with Gasteiger partial charge < -0.3 is 18.7 Å². The predicted octanol–water partition coefficient (Wildman–Crippen LogP) is 24.2. The number of para-hydroxylation sites is 6. The molecule has 0 saturated heterocycles. The molecule has 0 spiro atoms. The Hall–Kier alpha value is -13.5. The zero-order chi connectivity index (χ0) is 77.5. The first kappa shape index (κ1) is 70.2. The minimum atomic E-state index is -2.91. The lowest BCUT2D eigenvalue weighted by molar-refractivity contribution is 1.17. The van der Waals surface area contributed by atoms with Crippen molar-refractivity contribution in [1.82, 2.24) is 18.7 Å². The number of aromatic amines is 1. The van der Waals surface area contributed by atoms with Gasteiger partial charge in [-0.3, -0.25) is 0 Å². The molecule has 24 rings (SSSR count). The lowest BCUT2D eigenvalue weighted by Crippen LogP contribution is -2.74. The quantitative estimate of drug-likeness (QED) is 0.0988. The van der Waals surface area contributed by atoms with E-state index in [4.69, 9.17) is 0 Å². The second-order valence-corrected chi connectivity index (χ2v) is 40.8. The Labute approximate surface area is 695 Å². The molecule has 552 valence electrons. The molecule has 4 nitrogen and oxygen atoms in total. The molecule has 9 heteroatoms. The van der Waals surface area contributed by atoms with Gasteiger partial charge in [0, 0.05) is 116 Å². The molecular formula is C108H73BrN4S2Si2. The first-order chi connectivity index (χ1) is 58.0. The van der Waals surface area contributed by atoms with Crippen LogP contribution >= 0.6 is 38.6 Å². The zero-order valence-corrected chi connectivity index (χ0v) is 68.8. The Morgan fingerprint density at radius 2 is 0.513 bits per heavy atom. The van der Waals surface area contributed by atoms with Gasteiger partial charge in [0.2, 0.25) is 0 Å². The Balaban J connectivity index is 0.000000118. The first-order valence-corrected chi connectivity index (χ1v) is 46.3. The highest BCUT2D eigenvalue weighted by atomic mass is 79.9. The largest absolute Gasteiger partial charge is 0.355 e. The van der Waals surface area contributed by atoms with Crippen molar-refractivity contribution in [2.75, 3.05) is 0 Å². The monoisotopic (exact) mass is 1620 g/mol. The maximum Gasteiger partial charge on any atom is 0.181 e. The minimum absolute atomic E-state index is 1.12. The van der Waals surface area contributed by atoms with Gasteiger partial charge in [0.1, 0.15) is 0 Å². The van der Waals surface area contributed by atoms with Crippen molar-refractivity contribution in [3.8, 4) is 17.1 Å². The van der Waals surface area contributed by atoms with Gasteiger partial charge in [-0.25, -0.2) is 0 Å². The molecule has 117 heavy (non-hydrogen) atoms. The third-order valence-electron chi connectivity index (χ3n) is 24.1. The summed E-state index contributed by atoms with van der Waals surface area (Å²) < 4.78 is 13.8. The van der Waals surface area contributed by atoms with E-state index < -0.39 is 16.1 Å². The van der Waals surface area contributed by atoms with Gasteiger partial charge >= 0.3 is 0 Å². The molecule has 0 aliphatic heterocycles. The number of H-pyrrole nitrogens is 1. The summed E-state index contributed by atoms with van der Waals surface area (Å²) in [4.78, 5) is 3.52. The number of benzene rings is 18. The van der Waals surface area contributed by atoms with Crippen LogP contribution in [0, 0.1) is 0 Å².